The maximum Gasteiger partial charge on any atom is 0.244 e. The molecule has 126 valence electrons. The molecule has 25 heavy (non-hydrogen) atoms. The zero-order chi connectivity index (χ0) is 18.0. The van der Waals surface area contributed by atoms with Crippen molar-refractivity contribution in [1.29, 1.82) is 5.26 Å². The number of aryl methyl sites for hydroxylation is 3. The lowest BCUT2D eigenvalue weighted by atomic mass is 10.1. The van der Waals surface area contributed by atoms with E-state index >= 15 is 0 Å². The summed E-state index contributed by atoms with van der Waals surface area (Å²) in [7, 11) is 0. The Balaban J connectivity index is 1.90. The lowest BCUT2D eigenvalue weighted by molar-refractivity contribution is -0.116. The molecule has 0 aliphatic heterocycles. The maximum atomic E-state index is 12.5. The number of amides is 1. The molecule has 3 rings (SSSR count). The fourth-order valence-corrected chi connectivity index (χ4v) is 2.89. The van der Waals surface area contributed by atoms with E-state index in [2.05, 4.69) is 42.4 Å². The summed E-state index contributed by atoms with van der Waals surface area (Å²) in [5.74, 6) is 0.753. The van der Waals surface area contributed by atoms with Crippen LogP contribution in [0.1, 0.15) is 29.4 Å². The van der Waals surface area contributed by atoms with E-state index in [4.69, 9.17) is 5.26 Å². The summed E-state index contributed by atoms with van der Waals surface area (Å²) in [5.41, 5.74) is 5.40. The van der Waals surface area contributed by atoms with Crippen LogP contribution in [0.5, 0.6) is 0 Å². The van der Waals surface area contributed by atoms with E-state index in [-0.39, 0.29) is 12.5 Å². The quantitative estimate of drug-likeness (QED) is 0.791. The average molecular weight is 332 g/mol. The second-order valence-corrected chi connectivity index (χ2v) is 6.13. The number of aromatic nitrogens is 2. The van der Waals surface area contributed by atoms with Crippen molar-refractivity contribution in [2.24, 2.45) is 0 Å². The molecule has 2 aromatic carbocycles. The van der Waals surface area contributed by atoms with Gasteiger partial charge in [0.2, 0.25) is 5.91 Å². The van der Waals surface area contributed by atoms with Crippen molar-refractivity contribution in [3.63, 3.8) is 0 Å². The Kier molecular flexibility index (Phi) is 4.53. The van der Waals surface area contributed by atoms with Crippen molar-refractivity contribution < 1.29 is 4.79 Å². The minimum Gasteiger partial charge on any atom is -0.324 e. The minimum absolute atomic E-state index is 0.137. The zero-order valence-electron chi connectivity index (χ0n) is 14.6. The highest BCUT2D eigenvalue weighted by Crippen LogP contribution is 2.21. The Morgan fingerprint density at radius 1 is 1.24 bits per heavy atom. The number of carbonyl (C=O) groups is 1. The number of anilines is 1. The van der Waals surface area contributed by atoms with Gasteiger partial charge in [0.15, 0.2) is 0 Å². The van der Waals surface area contributed by atoms with E-state index in [9.17, 15) is 4.79 Å². The maximum absolute atomic E-state index is 12.5. The molecule has 1 heterocycles. The molecule has 1 N–H and O–H groups in total. The molecule has 0 saturated heterocycles. The number of nitrogens with one attached hydrogen (secondary N) is 1. The van der Waals surface area contributed by atoms with Crippen LogP contribution in [0.4, 0.5) is 5.69 Å². The molecule has 1 amide bonds. The van der Waals surface area contributed by atoms with Crippen molar-refractivity contribution in [2.75, 3.05) is 5.32 Å². The van der Waals surface area contributed by atoms with E-state index < -0.39 is 0 Å². The van der Waals surface area contributed by atoms with Crippen LogP contribution in [-0.4, -0.2) is 15.5 Å². The first kappa shape index (κ1) is 16.7. The second-order valence-electron chi connectivity index (χ2n) is 6.13. The largest absolute Gasteiger partial charge is 0.324 e. The highest BCUT2D eigenvalue weighted by Gasteiger charge is 2.14. The fraction of sp³-hybridized carbons (Fsp3) is 0.250. The van der Waals surface area contributed by atoms with Crippen molar-refractivity contribution >= 4 is 22.6 Å². The third-order valence-corrected chi connectivity index (χ3v) is 4.34. The summed E-state index contributed by atoms with van der Waals surface area (Å²) in [6.07, 6.45) is 0.754. The first-order valence-electron chi connectivity index (χ1n) is 8.28. The smallest absolute Gasteiger partial charge is 0.244 e. The molecule has 0 fully saturated rings. The predicted octanol–water partition coefficient (Wildman–Crippen LogP) is 3.73. The number of rotatable bonds is 4. The third kappa shape index (κ3) is 3.38. The molecule has 5 heteroatoms. The molecule has 0 aliphatic rings. The number of hydrogen-bond donors (Lipinski definition) is 1. The predicted molar refractivity (Wildman–Crippen MR) is 98.4 cm³/mol. The van der Waals surface area contributed by atoms with Crippen LogP contribution >= 0.6 is 0 Å². The number of carbonyl (C=O) groups excluding carboxylic acids is 1. The van der Waals surface area contributed by atoms with Crippen molar-refractivity contribution in [3.05, 3.63) is 58.9 Å². The summed E-state index contributed by atoms with van der Waals surface area (Å²) in [6, 6.07) is 13.1. The van der Waals surface area contributed by atoms with Crippen LogP contribution in [0.2, 0.25) is 0 Å². The van der Waals surface area contributed by atoms with Gasteiger partial charge < -0.3 is 9.88 Å². The molecule has 0 saturated carbocycles. The van der Waals surface area contributed by atoms with Crippen LogP contribution in [-0.2, 0) is 17.8 Å². The first-order valence-corrected chi connectivity index (χ1v) is 8.28. The molecule has 0 radical (unpaired) electrons. The Labute approximate surface area is 146 Å². The Bertz CT molecular complexity index is 995. The van der Waals surface area contributed by atoms with E-state index in [0.29, 0.717) is 11.3 Å². The number of hydrogen-bond acceptors (Lipinski definition) is 3. The highest BCUT2D eigenvalue weighted by molar-refractivity contribution is 5.92. The zero-order valence-corrected chi connectivity index (χ0v) is 14.6. The van der Waals surface area contributed by atoms with Gasteiger partial charge in [-0.25, -0.2) is 4.98 Å². The van der Waals surface area contributed by atoms with Gasteiger partial charge in [0, 0.05) is 12.1 Å². The molecule has 5 nitrogen and oxygen atoms in total. The molecule has 0 aliphatic carbocycles. The summed E-state index contributed by atoms with van der Waals surface area (Å²) in [4.78, 5) is 17.2. The van der Waals surface area contributed by atoms with Gasteiger partial charge in [-0.15, -0.1) is 0 Å². The van der Waals surface area contributed by atoms with Gasteiger partial charge in [0.25, 0.3) is 0 Å². The van der Waals surface area contributed by atoms with E-state index in [1.807, 2.05) is 11.5 Å². The standard InChI is InChI=1S/C20H20N4O/c1-4-19-23-17-8-13(2)14(3)9-18(17)24(19)12-20(25)22-16-7-5-6-15(10-16)11-21/h5-10H,4,12H2,1-3H3,(H,22,25). The molecular weight excluding hydrogens is 312 g/mol. The van der Waals surface area contributed by atoms with Gasteiger partial charge in [-0.3, -0.25) is 4.79 Å². The van der Waals surface area contributed by atoms with Gasteiger partial charge in [-0.1, -0.05) is 13.0 Å². The number of benzene rings is 2. The number of nitrogens with zero attached hydrogens (tertiary/aromatic N) is 3. The van der Waals surface area contributed by atoms with Crippen LogP contribution < -0.4 is 5.32 Å². The summed E-state index contributed by atoms with van der Waals surface area (Å²) < 4.78 is 1.96. The minimum atomic E-state index is -0.137. The average Bonchev–Trinajstić information content (AvgIpc) is 2.92. The van der Waals surface area contributed by atoms with E-state index in [1.165, 1.54) is 11.1 Å². The molecule has 1 aromatic heterocycles. The highest BCUT2D eigenvalue weighted by atomic mass is 16.1. The number of imidazole rings is 1. The van der Waals surface area contributed by atoms with Crippen LogP contribution in [0.3, 0.4) is 0 Å². The van der Waals surface area contributed by atoms with Crippen LogP contribution in [0.25, 0.3) is 11.0 Å². The lowest BCUT2D eigenvalue weighted by Gasteiger charge is -2.10. The molecule has 0 spiro atoms. The number of nitriles is 1. The summed E-state index contributed by atoms with van der Waals surface area (Å²) >= 11 is 0. The van der Waals surface area contributed by atoms with Crippen molar-refractivity contribution in [1.82, 2.24) is 9.55 Å². The molecule has 3 aromatic rings. The van der Waals surface area contributed by atoms with Gasteiger partial charge >= 0.3 is 0 Å². The first-order chi connectivity index (χ1) is 12.0. The third-order valence-electron chi connectivity index (χ3n) is 4.34. The monoisotopic (exact) mass is 332 g/mol. The van der Waals surface area contributed by atoms with Gasteiger partial charge in [0.1, 0.15) is 12.4 Å². The Morgan fingerprint density at radius 2 is 2.00 bits per heavy atom. The van der Waals surface area contributed by atoms with Crippen LogP contribution in [0.15, 0.2) is 36.4 Å². The van der Waals surface area contributed by atoms with Gasteiger partial charge in [-0.05, 0) is 55.3 Å². The van der Waals surface area contributed by atoms with Crippen molar-refractivity contribution in [3.8, 4) is 6.07 Å². The fourth-order valence-electron chi connectivity index (χ4n) is 2.89. The summed E-state index contributed by atoms with van der Waals surface area (Å²) in [5, 5.41) is 11.8. The Hall–Kier alpha value is -3.13. The Morgan fingerprint density at radius 3 is 2.72 bits per heavy atom. The van der Waals surface area contributed by atoms with Gasteiger partial charge in [-0.2, -0.15) is 5.26 Å². The topological polar surface area (TPSA) is 70.7 Å². The second kappa shape index (κ2) is 6.78. The lowest BCUT2D eigenvalue weighted by Crippen LogP contribution is -2.20. The number of fused-ring (bicyclic) bond motifs is 1. The van der Waals surface area contributed by atoms with E-state index in [0.717, 1.165) is 23.3 Å². The molecule has 0 unspecified atom stereocenters. The molecule has 0 bridgehead atoms. The molecular formula is C20H20N4O. The van der Waals surface area contributed by atoms with Crippen molar-refractivity contribution in [2.45, 2.75) is 33.7 Å². The SMILES string of the molecule is CCc1nc2cc(C)c(C)cc2n1CC(=O)Nc1cccc(C#N)c1. The van der Waals surface area contributed by atoms with Gasteiger partial charge in [0.05, 0.1) is 22.7 Å². The van der Waals surface area contributed by atoms with Crippen LogP contribution in [0, 0.1) is 25.2 Å². The normalized spacial score (nSPS) is 10.6. The molecule has 0 atom stereocenters. The van der Waals surface area contributed by atoms with E-state index in [1.54, 1.807) is 24.3 Å². The summed E-state index contributed by atoms with van der Waals surface area (Å²) in [6.45, 7) is 6.35.